The Morgan fingerprint density at radius 1 is 1.37 bits per heavy atom. The number of nitrogens with zero attached hydrogens (tertiary/aromatic N) is 3. The topological polar surface area (TPSA) is 73.0 Å². The summed E-state index contributed by atoms with van der Waals surface area (Å²) in [5.74, 6) is 2.43. The van der Waals surface area contributed by atoms with Gasteiger partial charge in [-0.25, -0.2) is 9.67 Å². The maximum Gasteiger partial charge on any atom is 0.226 e. The smallest absolute Gasteiger partial charge is 0.226 e. The normalized spacial score (nSPS) is 14.9. The summed E-state index contributed by atoms with van der Waals surface area (Å²) in [6.45, 7) is 2.14. The summed E-state index contributed by atoms with van der Waals surface area (Å²) in [6.07, 6.45) is 6.52. The number of aromatic nitrogens is 3. The molecule has 140 valence electrons. The van der Waals surface area contributed by atoms with Gasteiger partial charge in [0.15, 0.2) is 11.7 Å². The van der Waals surface area contributed by atoms with E-state index in [9.17, 15) is 4.79 Å². The standard InChI is InChI=1S/C20H21ClN4O2/c1-13(14-6-7-14)25-18(10-11-23-25)24-19(26)8-9-20-22-12-17(27-20)15-4-2-3-5-16(15)21/h2-5,10-14H,6-9H2,1H3,(H,24,26). The molecule has 2 aromatic heterocycles. The van der Waals surface area contributed by atoms with E-state index in [0.717, 1.165) is 11.4 Å². The Balaban J connectivity index is 1.35. The average Bonchev–Trinajstić information content (AvgIpc) is 3.24. The second-order valence-electron chi connectivity index (χ2n) is 6.89. The van der Waals surface area contributed by atoms with Crippen LogP contribution in [0.25, 0.3) is 11.3 Å². The van der Waals surface area contributed by atoms with Crippen LogP contribution in [0.3, 0.4) is 0 Å². The summed E-state index contributed by atoms with van der Waals surface area (Å²) in [7, 11) is 0. The van der Waals surface area contributed by atoms with E-state index in [1.165, 1.54) is 12.8 Å². The first-order valence-corrected chi connectivity index (χ1v) is 9.52. The predicted octanol–water partition coefficient (Wildman–Crippen LogP) is 4.73. The molecule has 3 aromatic rings. The number of hydrogen-bond donors (Lipinski definition) is 1. The van der Waals surface area contributed by atoms with Gasteiger partial charge in [0.1, 0.15) is 5.82 Å². The van der Waals surface area contributed by atoms with Crippen molar-refractivity contribution < 1.29 is 9.21 Å². The molecule has 27 heavy (non-hydrogen) atoms. The number of carbonyl (C=O) groups is 1. The molecular formula is C20H21ClN4O2. The van der Waals surface area contributed by atoms with Gasteiger partial charge < -0.3 is 9.73 Å². The van der Waals surface area contributed by atoms with Crippen LogP contribution < -0.4 is 5.32 Å². The predicted molar refractivity (Wildman–Crippen MR) is 104 cm³/mol. The van der Waals surface area contributed by atoms with Crippen molar-refractivity contribution in [2.75, 3.05) is 5.32 Å². The lowest BCUT2D eigenvalue weighted by molar-refractivity contribution is -0.116. The number of amides is 1. The van der Waals surface area contributed by atoms with Gasteiger partial charge in [-0.2, -0.15) is 5.10 Å². The van der Waals surface area contributed by atoms with Gasteiger partial charge in [-0.05, 0) is 37.8 Å². The second-order valence-corrected chi connectivity index (χ2v) is 7.29. The molecule has 1 fully saturated rings. The van der Waals surface area contributed by atoms with E-state index < -0.39 is 0 Å². The highest BCUT2D eigenvalue weighted by atomic mass is 35.5. The Hall–Kier alpha value is -2.60. The molecule has 1 aliphatic carbocycles. The van der Waals surface area contributed by atoms with Crippen LogP contribution in [0.4, 0.5) is 5.82 Å². The number of benzene rings is 1. The number of nitrogens with one attached hydrogen (secondary N) is 1. The number of oxazole rings is 1. The average molecular weight is 385 g/mol. The van der Waals surface area contributed by atoms with Crippen molar-refractivity contribution in [3.8, 4) is 11.3 Å². The van der Waals surface area contributed by atoms with Crippen molar-refractivity contribution in [1.82, 2.24) is 14.8 Å². The van der Waals surface area contributed by atoms with Crippen molar-refractivity contribution in [2.24, 2.45) is 5.92 Å². The summed E-state index contributed by atoms with van der Waals surface area (Å²) < 4.78 is 7.64. The molecule has 1 atom stereocenters. The zero-order valence-electron chi connectivity index (χ0n) is 15.1. The minimum Gasteiger partial charge on any atom is -0.441 e. The lowest BCUT2D eigenvalue weighted by Crippen LogP contribution is -2.18. The second kappa shape index (κ2) is 7.56. The van der Waals surface area contributed by atoms with E-state index >= 15 is 0 Å². The third-order valence-corrected chi connectivity index (χ3v) is 5.22. The Kier molecular flexibility index (Phi) is 4.99. The molecule has 2 heterocycles. The molecule has 1 saturated carbocycles. The Labute approximate surface area is 162 Å². The fraction of sp³-hybridized carbons (Fsp3) is 0.350. The highest BCUT2D eigenvalue weighted by Gasteiger charge is 2.30. The Morgan fingerprint density at radius 3 is 2.96 bits per heavy atom. The molecule has 0 radical (unpaired) electrons. The van der Waals surface area contributed by atoms with E-state index in [0.29, 0.717) is 35.1 Å². The van der Waals surface area contributed by atoms with Crippen LogP contribution in [0, 0.1) is 5.92 Å². The first-order chi connectivity index (χ1) is 13.1. The molecule has 4 rings (SSSR count). The first-order valence-electron chi connectivity index (χ1n) is 9.15. The minimum absolute atomic E-state index is 0.0859. The summed E-state index contributed by atoms with van der Waals surface area (Å²) in [5.41, 5.74) is 0.792. The lowest BCUT2D eigenvalue weighted by atomic mass is 10.2. The number of hydrogen-bond acceptors (Lipinski definition) is 4. The molecule has 1 amide bonds. The molecule has 1 N–H and O–H groups in total. The van der Waals surface area contributed by atoms with Crippen LogP contribution in [0.5, 0.6) is 0 Å². The molecule has 6 nitrogen and oxygen atoms in total. The molecule has 1 aliphatic rings. The molecular weight excluding hydrogens is 364 g/mol. The largest absolute Gasteiger partial charge is 0.441 e. The number of aryl methyl sites for hydroxylation is 1. The molecule has 0 bridgehead atoms. The van der Waals surface area contributed by atoms with Gasteiger partial charge in [-0.15, -0.1) is 0 Å². The number of anilines is 1. The molecule has 7 heteroatoms. The molecule has 0 aliphatic heterocycles. The van der Waals surface area contributed by atoms with Crippen LogP contribution in [0.1, 0.15) is 38.1 Å². The minimum atomic E-state index is -0.0859. The first kappa shape index (κ1) is 17.8. The van der Waals surface area contributed by atoms with Gasteiger partial charge in [-0.1, -0.05) is 23.7 Å². The fourth-order valence-corrected chi connectivity index (χ4v) is 3.38. The monoisotopic (exact) mass is 384 g/mol. The van der Waals surface area contributed by atoms with Crippen LogP contribution in [0.2, 0.25) is 5.02 Å². The van der Waals surface area contributed by atoms with Gasteiger partial charge in [0.2, 0.25) is 5.91 Å². The van der Waals surface area contributed by atoms with Gasteiger partial charge in [0.25, 0.3) is 0 Å². The maximum absolute atomic E-state index is 12.3. The zero-order chi connectivity index (χ0) is 18.8. The van der Waals surface area contributed by atoms with Crippen molar-refractivity contribution in [3.63, 3.8) is 0 Å². The van der Waals surface area contributed by atoms with Gasteiger partial charge in [0, 0.05) is 24.5 Å². The van der Waals surface area contributed by atoms with E-state index in [1.807, 2.05) is 28.9 Å². The van der Waals surface area contributed by atoms with Gasteiger partial charge >= 0.3 is 0 Å². The summed E-state index contributed by atoms with van der Waals surface area (Å²) in [5, 5.41) is 7.90. The Bertz CT molecular complexity index is 945. The SMILES string of the molecule is CC(C1CC1)n1nccc1NC(=O)CCc1ncc(-c2ccccc2Cl)o1. The van der Waals surface area contributed by atoms with E-state index in [4.69, 9.17) is 16.0 Å². The number of rotatable bonds is 7. The molecule has 1 unspecified atom stereocenters. The van der Waals surface area contributed by atoms with Crippen molar-refractivity contribution in [1.29, 1.82) is 0 Å². The summed E-state index contributed by atoms with van der Waals surface area (Å²) >= 11 is 6.18. The molecule has 0 saturated heterocycles. The number of halogens is 1. The van der Waals surface area contributed by atoms with Crippen LogP contribution in [-0.2, 0) is 11.2 Å². The van der Waals surface area contributed by atoms with Crippen molar-refractivity contribution >= 4 is 23.3 Å². The molecule has 1 aromatic carbocycles. The number of carbonyl (C=O) groups excluding carboxylic acids is 1. The summed E-state index contributed by atoms with van der Waals surface area (Å²) in [4.78, 5) is 16.6. The highest BCUT2D eigenvalue weighted by molar-refractivity contribution is 6.33. The van der Waals surface area contributed by atoms with E-state index in [2.05, 4.69) is 22.3 Å². The zero-order valence-corrected chi connectivity index (χ0v) is 15.8. The third-order valence-electron chi connectivity index (χ3n) is 4.89. The van der Waals surface area contributed by atoms with E-state index in [1.54, 1.807) is 18.5 Å². The summed E-state index contributed by atoms with van der Waals surface area (Å²) in [6, 6.07) is 9.57. The quantitative estimate of drug-likeness (QED) is 0.638. The maximum atomic E-state index is 12.3. The van der Waals surface area contributed by atoms with Crippen molar-refractivity contribution in [3.05, 3.63) is 53.6 Å². The third kappa shape index (κ3) is 4.06. The van der Waals surface area contributed by atoms with Crippen LogP contribution in [0.15, 0.2) is 47.1 Å². The molecule has 0 spiro atoms. The van der Waals surface area contributed by atoms with Crippen LogP contribution in [-0.4, -0.2) is 20.7 Å². The van der Waals surface area contributed by atoms with Gasteiger partial charge in [-0.3, -0.25) is 4.79 Å². The fourth-order valence-electron chi connectivity index (χ4n) is 3.15. The Morgan fingerprint density at radius 2 is 2.19 bits per heavy atom. The van der Waals surface area contributed by atoms with Gasteiger partial charge in [0.05, 0.1) is 23.5 Å². The van der Waals surface area contributed by atoms with E-state index in [-0.39, 0.29) is 12.3 Å². The van der Waals surface area contributed by atoms with Crippen LogP contribution >= 0.6 is 11.6 Å². The van der Waals surface area contributed by atoms with Crippen molar-refractivity contribution in [2.45, 2.75) is 38.6 Å². The highest BCUT2D eigenvalue weighted by Crippen LogP contribution is 2.40. The lowest BCUT2D eigenvalue weighted by Gasteiger charge is -2.15.